The molecule has 1 atom stereocenters. The van der Waals surface area contributed by atoms with Gasteiger partial charge in [0.2, 0.25) is 0 Å². The number of unbranched alkanes of at least 4 members (excludes halogenated alkanes) is 1. The van der Waals surface area contributed by atoms with E-state index >= 15 is 0 Å². The molecule has 0 aromatic carbocycles. The standard InChI is InChI=1S/C13H27N3O/c1-9(2)13(17)11(16-10(3)4)7-5-6-8-12(14)15/h9-11,16H,5-8H2,1-4H3,(H3,14,15)/t11-/m0/s1. The van der Waals surface area contributed by atoms with Crippen molar-refractivity contribution >= 4 is 11.6 Å². The van der Waals surface area contributed by atoms with Crippen molar-refractivity contribution in [2.24, 2.45) is 11.7 Å². The van der Waals surface area contributed by atoms with Crippen LogP contribution in [0.25, 0.3) is 0 Å². The number of nitrogens with two attached hydrogens (primary N) is 1. The molecule has 0 aromatic rings. The Balaban J connectivity index is 4.11. The first-order valence-corrected chi connectivity index (χ1v) is 6.47. The van der Waals surface area contributed by atoms with Crippen LogP contribution in [0.15, 0.2) is 0 Å². The summed E-state index contributed by atoms with van der Waals surface area (Å²) in [5.41, 5.74) is 5.30. The van der Waals surface area contributed by atoms with Crippen molar-refractivity contribution in [3.8, 4) is 0 Å². The number of hydrogen-bond acceptors (Lipinski definition) is 3. The summed E-state index contributed by atoms with van der Waals surface area (Å²) in [6, 6.07) is 0.262. The molecule has 0 heterocycles. The molecule has 4 heteroatoms. The van der Waals surface area contributed by atoms with Crippen LogP contribution in [0.1, 0.15) is 53.4 Å². The lowest BCUT2D eigenvalue weighted by atomic mass is 9.96. The SMILES string of the molecule is CC(C)N[C@@H](CCCCC(=N)N)C(=O)C(C)C. The lowest BCUT2D eigenvalue weighted by Crippen LogP contribution is -2.42. The van der Waals surface area contributed by atoms with E-state index in [9.17, 15) is 4.79 Å². The van der Waals surface area contributed by atoms with Crippen molar-refractivity contribution in [1.29, 1.82) is 5.41 Å². The van der Waals surface area contributed by atoms with Crippen molar-refractivity contribution in [2.75, 3.05) is 0 Å². The van der Waals surface area contributed by atoms with E-state index in [0.29, 0.717) is 12.5 Å². The molecule has 100 valence electrons. The van der Waals surface area contributed by atoms with Crippen LogP contribution in [-0.4, -0.2) is 23.7 Å². The van der Waals surface area contributed by atoms with Gasteiger partial charge in [0, 0.05) is 18.4 Å². The minimum Gasteiger partial charge on any atom is -0.388 e. The number of carbonyl (C=O) groups excluding carboxylic acids is 1. The number of nitrogens with one attached hydrogen (secondary N) is 2. The van der Waals surface area contributed by atoms with Gasteiger partial charge in [-0.05, 0) is 12.8 Å². The summed E-state index contributed by atoms with van der Waals surface area (Å²) >= 11 is 0. The molecule has 4 N–H and O–H groups in total. The average molecular weight is 241 g/mol. The molecule has 0 amide bonds. The van der Waals surface area contributed by atoms with Crippen molar-refractivity contribution in [1.82, 2.24) is 5.32 Å². The Hall–Kier alpha value is -0.900. The van der Waals surface area contributed by atoms with E-state index < -0.39 is 0 Å². The van der Waals surface area contributed by atoms with Crippen LogP contribution in [0.3, 0.4) is 0 Å². The maximum Gasteiger partial charge on any atom is 0.152 e. The van der Waals surface area contributed by atoms with Gasteiger partial charge >= 0.3 is 0 Å². The average Bonchev–Trinajstić information content (AvgIpc) is 2.20. The first-order valence-electron chi connectivity index (χ1n) is 6.47. The Kier molecular flexibility index (Phi) is 7.79. The first-order chi connectivity index (χ1) is 7.84. The second-order valence-corrected chi connectivity index (χ2v) is 5.20. The number of amidine groups is 1. The van der Waals surface area contributed by atoms with Gasteiger partial charge in [0.15, 0.2) is 5.78 Å². The molecule has 0 aliphatic carbocycles. The van der Waals surface area contributed by atoms with Crippen LogP contribution in [-0.2, 0) is 4.79 Å². The van der Waals surface area contributed by atoms with Crippen LogP contribution in [0.5, 0.6) is 0 Å². The molecule has 0 spiro atoms. The minimum absolute atomic E-state index is 0.0537. The van der Waals surface area contributed by atoms with Gasteiger partial charge in [0.05, 0.1) is 11.9 Å². The van der Waals surface area contributed by atoms with E-state index in [2.05, 4.69) is 19.2 Å². The van der Waals surface area contributed by atoms with Crippen LogP contribution >= 0.6 is 0 Å². The van der Waals surface area contributed by atoms with E-state index in [-0.39, 0.29) is 23.6 Å². The normalized spacial score (nSPS) is 13.1. The summed E-state index contributed by atoms with van der Waals surface area (Å²) in [6.07, 6.45) is 3.28. The smallest absolute Gasteiger partial charge is 0.152 e. The van der Waals surface area contributed by atoms with Crippen molar-refractivity contribution in [2.45, 2.75) is 65.5 Å². The Morgan fingerprint density at radius 2 is 1.82 bits per heavy atom. The molecule has 0 aliphatic rings. The molecule has 0 aliphatic heterocycles. The number of hydrogen-bond donors (Lipinski definition) is 3. The molecule has 17 heavy (non-hydrogen) atoms. The summed E-state index contributed by atoms with van der Waals surface area (Å²) in [4.78, 5) is 12.0. The van der Waals surface area contributed by atoms with Gasteiger partial charge in [-0.1, -0.05) is 34.1 Å². The summed E-state index contributed by atoms with van der Waals surface area (Å²) in [5, 5.41) is 10.5. The van der Waals surface area contributed by atoms with Gasteiger partial charge in [-0.25, -0.2) is 0 Å². The highest BCUT2D eigenvalue weighted by Crippen LogP contribution is 2.10. The van der Waals surface area contributed by atoms with E-state index in [1.807, 2.05) is 13.8 Å². The second-order valence-electron chi connectivity index (χ2n) is 5.20. The highest BCUT2D eigenvalue weighted by Gasteiger charge is 2.20. The molecule has 0 bridgehead atoms. The molecular weight excluding hydrogens is 214 g/mol. The molecule has 0 fully saturated rings. The maximum atomic E-state index is 12.0. The Bertz CT molecular complexity index is 249. The third-order valence-electron chi connectivity index (χ3n) is 2.64. The number of Topliss-reactive ketones (excluding diaryl/α,β-unsaturated/α-hetero) is 1. The van der Waals surface area contributed by atoms with Gasteiger partial charge < -0.3 is 11.1 Å². The molecule has 0 saturated carbocycles. The summed E-state index contributed by atoms with van der Waals surface area (Å²) < 4.78 is 0. The van der Waals surface area contributed by atoms with E-state index in [0.717, 1.165) is 19.3 Å². The Morgan fingerprint density at radius 3 is 2.24 bits per heavy atom. The van der Waals surface area contributed by atoms with Crippen molar-refractivity contribution < 1.29 is 4.79 Å². The second kappa shape index (κ2) is 8.23. The van der Waals surface area contributed by atoms with Crippen LogP contribution in [0.2, 0.25) is 0 Å². The maximum absolute atomic E-state index is 12.0. The topological polar surface area (TPSA) is 79.0 Å². The Labute approximate surface area is 105 Å². The summed E-state index contributed by atoms with van der Waals surface area (Å²) in [5.74, 6) is 0.578. The fraction of sp³-hybridized carbons (Fsp3) is 0.846. The third kappa shape index (κ3) is 7.91. The molecular formula is C13H27N3O. The lowest BCUT2D eigenvalue weighted by molar-refractivity contribution is -0.124. The number of carbonyl (C=O) groups is 1. The van der Waals surface area contributed by atoms with Crippen molar-refractivity contribution in [3.63, 3.8) is 0 Å². The number of rotatable bonds is 9. The van der Waals surface area contributed by atoms with Gasteiger partial charge in [-0.3, -0.25) is 10.2 Å². The van der Waals surface area contributed by atoms with Crippen LogP contribution < -0.4 is 11.1 Å². The van der Waals surface area contributed by atoms with Gasteiger partial charge in [-0.15, -0.1) is 0 Å². The van der Waals surface area contributed by atoms with Gasteiger partial charge in [-0.2, -0.15) is 0 Å². The van der Waals surface area contributed by atoms with E-state index in [4.69, 9.17) is 11.1 Å². The van der Waals surface area contributed by atoms with E-state index in [1.165, 1.54) is 0 Å². The largest absolute Gasteiger partial charge is 0.388 e. The predicted octanol–water partition coefficient (Wildman–Crippen LogP) is 2.07. The minimum atomic E-state index is -0.0537. The fourth-order valence-corrected chi connectivity index (χ4v) is 1.78. The third-order valence-corrected chi connectivity index (χ3v) is 2.64. The zero-order valence-electron chi connectivity index (χ0n) is 11.5. The predicted molar refractivity (Wildman–Crippen MR) is 72.3 cm³/mol. The molecule has 4 nitrogen and oxygen atoms in total. The molecule has 0 rings (SSSR count). The highest BCUT2D eigenvalue weighted by molar-refractivity contribution is 5.85. The highest BCUT2D eigenvalue weighted by atomic mass is 16.1. The molecule has 0 radical (unpaired) electrons. The summed E-state index contributed by atoms with van der Waals surface area (Å²) in [7, 11) is 0. The fourth-order valence-electron chi connectivity index (χ4n) is 1.78. The zero-order chi connectivity index (χ0) is 13.4. The van der Waals surface area contributed by atoms with Crippen molar-refractivity contribution in [3.05, 3.63) is 0 Å². The van der Waals surface area contributed by atoms with E-state index in [1.54, 1.807) is 0 Å². The van der Waals surface area contributed by atoms with Crippen LogP contribution in [0.4, 0.5) is 0 Å². The Morgan fingerprint density at radius 1 is 1.24 bits per heavy atom. The monoisotopic (exact) mass is 241 g/mol. The first kappa shape index (κ1) is 16.1. The molecule has 0 aromatic heterocycles. The molecule has 0 saturated heterocycles. The quantitative estimate of drug-likeness (QED) is 0.328. The molecule has 0 unspecified atom stereocenters. The van der Waals surface area contributed by atoms with Gasteiger partial charge in [0.1, 0.15) is 0 Å². The van der Waals surface area contributed by atoms with Gasteiger partial charge in [0.25, 0.3) is 0 Å². The lowest BCUT2D eigenvalue weighted by Gasteiger charge is -2.21. The number of ketones is 1. The zero-order valence-corrected chi connectivity index (χ0v) is 11.5. The summed E-state index contributed by atoms with van der Waals surface area (Å²) in [6.45, 7) is 7.98. The van der Waals surface area contributed by atoms with Crippen LogP contribution in [0, 0.1) is 11.3 Å².